The van der Waals surface area contributed by atoms with E-state index in [1.54, 1.807) is 29.9 Å². The first-order chi connectivity index (χ1) is 8.99. The van der Waals surface area contributed by atoms with Crippen molar-refractivity contribution in [2.45, 2.75) is 25.6 Å². The minimum Gasteiger partial charge on any atom is -0.271 e. The molecule has 0 saturated heterocycles. The predicted molar refractivity (Wildman–Crippen MR) is 77.6 cm³/mol. The van der Waals surface area contributed by atoms with Gasteiger partial charge in [0, 0.05) is 23.7 Å². The van der Waals surface area contributed by atoms with Crippen LogP contribution in [0.15, 0.2) is 29.1 Å². The topological polar surface area (TPSA) is 64.0 Å². The third kappa shape index (κ3) is 3.65. The number of nitrogens with zero attached hydrogens (tertiary/aromatic N) is 2. The molecule has 19 heavy (non-hydrogen) atoms. The Kier molecular flexibility index (Phi) is 4.38. The highest BCUT2D eigenvalue weighted by Crippen LogP contribution is 2.19. The molecule has 0 spiro atoms. The summed E-state index contributed by atoms with van der Waals surface area (Å²) in [5, 5.41) is 8.04. The van der Waals surface area contributed by atoms with Gasteiger partial charge in [0.2, 0.25) is 10.0 Å². The zero-order valence-corrected chi connectivity index (χ0v) is 12.5. The normalized spacial score (nSPS) is 12.2. The van der Waals surface area contributed by atoms with E-state index in [2.05, 4.69) is 9.82 Å². The average molecular weight is 299 g/mol. The monoisotopic (exact) mass is 299 g/mol. The number of rotatable bonds is 6. The van der Waals surface area contributed by atoms with Crippen LogP contribution < -0.4 is 4.72 Å². The molecule has 0 aliphatic carbocycles. The van der Waals surface area contributed by atoms with Gasteiger partial charge in [-0.1, -0.05) is 0 Å². The van der Waals surface area contributed by atoms with Crippen molar-refractivity contribution < 1.29 is 8.42 Å². The van der Waals surface area contributed by atoms with Gasteiger partial charge in [0.1, 0.15) is 0 Å². The molecule has 7 heteroatoms. The van der Waals surface area contributed by atoms with Crippen LogP contribution in [-0.2, 0) is 16.6 Å². The number of hydrogen-bond acceptors (Lipinski definition) is 4. The molecule has 0 bridgehead atoms. The summed E-state index contributed by atoms with van der Waals surface area (Å²) in [6, 6.07) is 3.94. The van der Waals surface area contributed by atoms with Gasteiger partial charge >= 0.3 is 0 Å². The van der Waals surface area contributed by atoms with Gasteiger partial charge in [0.05, 0.1) is 17.5 Å². The lowest BCUT2D eigenvalue weighted by Crippen LogP contribution is -2.33. The minimum atomic E-state index is -3.19. The summed E-state index contributed by atoms with van der Waals surface area (Å²) in [5.74, 6) is 0. The maximum atomic E-state index is 11.6. The van der Waals surface area contributed by atoms with E-state index in [1.165, 1.54) is 0 Å². The molecule has 2 rings (SSSR count). The third-order valence-electron chi connectivity index (χ3n) is 2.72. The van der Waals surface area contributed by atoms with Gasteiger partial charge in [-0.2, -0.15) is 16.4 Å². The van der Waals surface area contributed by atoms with E-state index in [-0.39, 0.29) is 0 Å². The van der Waals surface area contributed by atoms with E-state index in [9.17, 15) is 8.42 Å². The van der Waals surface area contributed by atoms with Crippen LogP contribution in [0.2, 0.25) is 0 Å². The standard InChI is InChI=1S/C12H17N3O2S2/c1-10(2)19(16,17)13-5-7-15-6-3-12(14-15)11-4-8-18-9-11/h3-4,6,8-10,13H,5,7H2,1-2H3. The fourth-order valence-corrected chi connectivity index (χ4v) is 2.88. The lowest BCUT2D eigenvalue weighted by molar-refractivity contribution is 0.554. The molecule has 104 valence electrons. The molecule has 0 unspecified atom stereocenters. The Morgan fingerprint density at radius 2 is 2.21 bits per heavy atom. The Morgan fingerprint density at radius 1 is 1.42 bits per heavy atom. The van der Waals surface area contributed by atoms with Crippen LogP contribution >= 0.6 is 11.3 Å². The SMILES string of the molecule is CC(C)S(=O)(=O)NCCn1ccc(-c2ccsc2)n1. The smallest absolute Gasteiger partial charge is 0.213 e. The molecule has 0 amide bonds. The summed E-state index contributed by atoms with van der Waals surface area (Å²) in [7, 11) is -3.19. The van der Waals surface area contributed by atoms with Crippen molar-refractivity contribution in [3.8, 4) is 11.3 Å². The molecule has 0 aromatic carbocycles. The Balaban J connectivity index is 1.91. The highest BCUT2D eigenvalue weighted by Gasteiger charge is 2.14. The first-order valence-electron chi connectivity index (χ1n) is 6.03. The Hall–Kier alpha value is -1.18. The second kappa shape index (κ2) is 5.85. The number of sulfonamides is 1. The van der Waals surface area contributed by atoms with Crippen molar-refractivity contribution in [2.24, 2.45) is 0 Å². The van der Waals surface area contributed by atoms with Crippen LogP contribution in [0.4, 0.5) is 0 Å². The van der Waals surface area contributed by atoms with Crippen LogP contribution in [-0.4, -0.2) is 30.0 Å². The van der Waals surface area contributed by atoms with Crippen LogP contribution in [0.3, 0.4) is 0 Å². The van der Waals surface area contributed by atoms with E-state index in [0.29, 0.717) is 13.1 Å². The lowest BCUT2D eigenvalue weighted by atomic mass is 10.2. The first kappa shape index (κ1) is 14.2. The molecule has 5 nitrogen and oxygen atoms in total. The third-order valence-corrected chi connectivity index (χ3v) is 5.25. The first-order valence-corrected chi connectivity index (χ1v) is 8.52. The van der Waals surface area contributed by atoms with Crippen molar-refractivity contribution in [2.75, 3.05) is 6.54 Å². The number of thiophene rings is 1. The van der Waals surface area contributed by atoms with E-state index in [4.69, 9.17) is 0 Å². The van der Waals surface area contributed by atoms with E-state index < -0.39 is 15.3 Å². The molecule has 0 atom stereocenters. The van der Waals surface area contributed by atoms with Crippen molar-refractivity contribution in [1.82, 2.24) is 14.5 Å². The van der Waals surface area contributed by atoms with Gasteiger partial charge in [-0.3, -0.25) is 4.68 Å². The molecule has 0 aliphatic rings. The Labute approximate surface area is 117 Å². The maximum Gasteiger partial charge on any atom is 0.213 e. The van der Waals surface area contributed by atoms with Crippen LogP contribution in [0.1, 0.15) is 13.8 Å². The molecular weight excluding hydrogens is 282 g/mol. The summed E-state index contributed by atoms with van der Waals surface area (Å²) in [6.45, 7) is 4.19. The fraction of sp³-hybridized carbons (Fsp3) is 0.417. The number of hydrogen-bond donors (Lipinski definition) is 1. The number of nitrogens with one attached hydrogen (secondary N) is 1. The lowest BCUT2D eigenvalue weighted by Gasteiger charge is -2.09. The molecule has 2 aromatic heterocycles. The summed E-state index contributed by atoms with van der Waals surface area (Å²) in [4.78, 5) is 0. The highest BCUT2D eigenvalue weighted by atomic mass is 32.2. The van der Waals surface area contributed by atoms with Crippen LogP contribution in [0.5, 0.6) is 0 Å². The van der Waals surface area contributed by atoms with E-state index in [1.807, 2.05) is 29.1 Å². The fourth-order valence-electron chi connectivity index (χ4n) is 1.52. The minimum absolute atomic E-state index is 0.352. The zero-order valence-electron chi connectivity index (χ0n) is 10.9. The van der Waals surface area contributed by atoms with Gasteiger partial charge < -0.3 is 0 Å². The highest BCUT2D eigenvalue weighted by molar-refractivity contribution is 7.90. The van der Waals surface area contributed by atoms with Gasteiger partial charge in [0.25, 0.3) is 0 Å². The summed E-state index contributed by atoms with van der Waals surface area (Å²) in [6.07, 6.45) is 1.86. The largest absolute Gasteiger partial charge is 0.271 e. The molecule has 2 heterocycles. The second-order valence-corrected chi connectivity index (χ2v) is 7.57. The second-order valence-electron chi connectivity index (χ2n) is 4.46. The van der Waals surface area contributed by atoms with E-state index in [0.717, 1.165) is 11.3 Å². The van der Waals surface area contributed by atoms with Crippen LogP contribution in [0.25, 0.3) is 11.3 Å². The van der Waals surface area contributed by atoms with Crippen molar-refractivity contribution >= 4 is 21.4 Å². The van der Waals surface area contributed by atoms with E-state index >= 15 is 0 Å². The molecular formula is C12H17N3O2S2. The van der Waals surface area contributed by atoms with Gasteiger partial charge in [-0.05, 0) is 31.4 Å². The summed E-state index contributed by atoms with van der Waals surface area (Å²) >= 11 is 1.63. The number of aromatic nitrogens is 2. The van der Waals surface area contributed by atoms with Crippen LogP contribution in [0, 0.1) is 0 Å². The molecule has 0 aliphatic heterocycles. The Morgan fingerprint density at radius 3 is 2.84 bits per heavy atom. The molecule has 1 N–H and O–H groups in total. The molecule has 0 fully saturated rings. The molecule has 0 saturated carbocycles. The molecule has 2 aromatic rings. The van der Waals surface area contributed by atoms with Gasteiger partial charge in [-0.15, -0.1) is 0 Å². The van der Waals surface area contributed by atoms with Gasteiger partial charge in [0.15, 0.2) is 0 Å². The molecule has 0 radical (unpaired) electrons. The van der Waals surface area contributed by atoms with Crippen molar-refractivity contribution in [3.05, 3.63) is 29.1 Å². The average Bonchev–Trinajstić information content (AvgIpc) is 2.98. The summed E-state index contributed by atoms with van der Waals surface area (Å²) in [5.41, 5.74) is 2.00. The van der Waals surface area contributed by atoms with Crippen molar-refractivity contribution in [1.29, 1.82) is 0 Å². The van der Waals surface area contributed by atoms with Crippen molar-refractivity contribution in [3.63, 3.8) is 0 Å². The maximum absolute atomic E-state index is 11.6. The van der Waals surface area contributed by atoms with Gasteiger partial charge in [-0.25, -0.2) is 13.1 Å². The zero-order chi connectivity index (χ0) is 13.9. The summed E-state index contributed by atoms with van der Waals surface area (Å²) < 4.78 is 27.5. The predicted octanol–water partition coefficient (Wildman–Crippen LogP) is 1.94. The quantitative estimate of drug-likeness (QED) is 0.886. The Bertz CT molecular complexity index is 615.